The van der Waals surface area contributed by atoms with Crippen LogP contribution in [0.1, 0.15) is 25.0 Å². The number of anilines is 3. The molecule has 0 atom stereocenters. The Kier molecular flexibility index (Phi) is 5.54. The van der Waals surface area contributed by atoms with Gasteiger partial charge in [0.05, 0.1) is 6.20 Å². The molecule has 9 rings (SSSR count). The molecule has 0 saturated carbocycles. The summed E-state index contributed by atoms with van der Waals surface area (Å²) < 4.78 is 6.31. The Morgan fingerprint density at radius 1 is 0.533 bits per heavy atom. The van der Waals surface area contributed by atoms with Gasteiger partial charge in [0.15, 0.2) is 5.58 Å². The molecule has 214 valence electrons. The Labute approximate surface area is 262 Å². The van der Waals surface area contributed by atoms with Crippen LogP contribution >= 0.6 is 0 Å². The molecule has 0 amide bonds. The average molecular weight is 579 g/mol. The molecule has 45 heavy (non-hydrogen) atoms. The smallest absolute Gasteiger partial charge is 0.153 e. The largest absolute Gasteiger partial charge is 0.454 e. The summed E-state index contributed by atoms with van der Waals surface area (Å²) in [5.74, 6) is 0.844. The maximum Gasteiger partial charge on any atom is 0.153 e. The molecule has 6 aromatic carbocycles. The van der Waals surface area contributed by atoms with Crippen LogP contribution in [-0.4, -0.2) is 4.98 Å². The lowest BCUT2D eigenvalue weighted by Gasteiger charge is -2.26. The molecule has 0 fully saturated rings. The van der Waals surface area contributed by atoms with Crippen LogP contribution in [0.2, 0.25) is 0 Å². The zero-order valence-electron chi connectivity index (χ0n) is 25.2. The maximum absolute atomic E-state index is 6.31. The molecule has 2 heterocycles. The molecule has 0 saturated heterocycles. The summed E-state index contributed by atoms with van der Waals surface area (Å²) >= 11 is 0. The van der Waals surface area contributed by atoms with E-state index in [-0.39, 0.29) is 5.41 Å². The van der Waals surface area contributed by atoms with Crippen LogP contribution in [0.4, 0.5) is 17.2 Å². The predicted octanol–water partition coefficient (Wildman–Crippen LogP) is 11.6. The predicted molar refractivity (Wildman–Crippen MR) is 187 cm³/mol. The summed E-state index contributed by atoms with van der Waals surface area (Å²) in [5.41, 5.74) is 11.4. The number of hydrogen-bond acceptors (Lipinski definition) is 3. The first-order chi connectivity index (χ1) is 22.0. The van der Waals surface area contributed by atoms with Crippen molar-refractivity contribution in [1.29, 1.82) is 0 Å². The van der Waals surface area contributed by atoms with E-state index in [0.717, 1.165) is 39.1 Å². The summed E-state index contributed by atoms with van der Waals surface area (Å²) in [6.45, 7) is 4.64. The van der Waals surface area contributed by atoms with E-state index >= 15 is 0 Å². The fourth-order valence-corrected chi connectivity index (χ4v) is 7.17. The van der Waals surface area contributed by atoms with Crippen LogP contribution < -0.4 is 4.90 Å². The van der Waals surface area contributed by atoms with Crippen molar-refractivity contribution in [2.75, 3.05) is 4.90 Å². The van der Waals surface area contributed by atoms with Gasteiger partial charge in [-0.3, -0.25) is 4.90 Å². The second-order valence-corrected chi connectivity index (χ2v) is 12.5. The monoisotopic (exact) mass is 578 g/mol. The van der Waals surface area contributed by atoms with Gasteiger partial charge in [-0.25, -0.2) is 4.98 Å². The highest BCUT2D eigenvalue weighted by Gasteiger charge is 2.35. The van der Waals surface area contributed by atoms with Gasteiger partial charge in [-0.05, 0) is 86.6 Å². The SMILES string of the molecule is CC1(C)c2ccccc2-c2cc(N(c3ccc(-c4ccccc4)cc3)c3cc4c(cn3)oc3cc5ccccc5cc34)ccc21. The number of hydrogen-bond donors (Lipinski definition) is 0. The van der Waals surface area contributed by atoms with Gasteiger partial charge in [0, 0.05) is 27.6 Å². The molecule has 8 aromatic rings. The minimum Gasteiger partial charge on any atom is -0.454 e. The van der Waals surface area contributed by atoms with E-state index in [9.17, 15) is 0 Å². The van der Waals surface area contributed by atoms with Gasteiger partial charge in [-0.15, -0.1) is 0 Å². The summed E-state index contributed by atoms with van der Waals surface area (Å²) in [5, 5.41) is 4.51. The topological polar surface area (TPSA) is 29.3 Å². The van der Waals surface area contributed by atoms with Crippen LogP contribution in [0, 0.1) is 0 Å². The van der Waals surface area contributed by atoms with Crippen molar-refractivity contribution in [3.8, 4) is 22.3 Å². The van der Waals surface area contributed by atoms with E-state index in [4.69, 9.17) is 9.40 Å². The van der Waals surface area contributed by atoms with Gasteiger partial charge in [0.2, 0.25) is 0 Å². The van der Waals surface area contributed by atoms with Gasteiger partial charge in [0.25, 0.3) is 0 Å². The highest BCUT2D eigenvalue weighted by Crippen LogP contribution is 2.50. The highest BCUT2D eigenvalue weighted by molar-refractivity contribution is 6.10. The van der Waals surface area contributed by atoms with E-state index < -0.39 is 0 Å². The number of furan rings is 1. The van der Waals surface area contributed by atoms with E-state index in [1.54, 1.807) is 0 Å². The van der Waals surface area contributed by atoms with Gasteiger partial charge < -0.3 is 4.42 Å². The Hall–Kier alpha value is -5.67. The second kappa shape index (κ2) is 9.67. The van der Waals surface area contributed by atoms with Crippen molar-refractivity contribution in [2.45, 2.75) is 19.3 Å². The molecule has 3 heteroatoms. The summed E-state index contributed by atoms with van der Waals surface area (Å²) in [7, 11) is 0. The molecule has 2 aromatic heterocycles. The summed E-state index contributed by atoms with van der Waals surface area (Å²) in [6, 6.07) is 49.9. The zero-order valence-corrected chi connectivity index (χ0v) is 25.2. The van der Waals surface area contributed by atoms with Gasteiger partial charge >= 0.3 is 0 Å². The number of rotatable bonds is 4. The average Bonchev–Trinajstić information content (AvgIpc) is 3.55. The van der Waals surface area contributed by atoms with Crippen LogP contribution in [0.3, 0.4) is 0 Å². The molecule has 1 aliphatic rings. The molecule has 0 aliphatic heterocycles. The fourth-order valence-electron chi connectivity index (χ4n) is 7.17. The van der Waals surface area contributed by atoms with Crippen molar-refractivity contribution in [3.63, 3.8) is 0 Å². The van der Waals surface area contributed by atoms with Crippen LogP contribution in [0.5, 0.6) is 0 Å². The summed E-state index contributed by atoms with van der Waals surface area (Å²) in [6.07, 6.45) is 1.87. The van der Waals surface area contributed by atoms with E-state index in [1.807, 2.05) is 6.20 Å². The molecule has 1 aliphatic carbocycles. The van der Waals surface area contributed by atoms with Crippen LogP contribution in [0.15, 0.2) is 150 Å². The Balaban J connectivity index is 1.24. The minimum atomic E-state index is -0.0533. The molecular formula is C42H30N2O. The first kappa shape index (κ1) is 25.8. The zero-order chi connectivity index (χ0) is 30.1. The third kappa shape index (κ3) is 4.01. The lowest BCUT2D eigenvalue weighted by atomic mass is 9.82. The Morgan fingerprint density at radius 2 is 1.18 bits per heavy atom. The molecule has 0 N–H and O–H groups in total. The van der Waals surface area contributed by atoms with E-state index in [2.05, 4.69) is 158 Å². The minimum absolute atomic E-state index is 0.0533. The van der Waals surface area contributed by atoms with Crippen molar-refractivity contribution in [1.82, 2.24) is 4.98 Å². The number of nitrogens with zero attached hydrogens (tertiary/aromatic N) is 2. The standard InChI is InChI=1S/C42H30N2O/c1-42(2)37-15-9-8-14-33(37)34-24-32(20-21-38(34)42)44(31-18-16-28(17-19-31)27-10-4-3-5-11-27)41-25-36-35-22-29-12-6-7-13-30(29)23-39(35)45-40(36)26-43-41/h3-26H,1-2H3. The Bertz CT molecular complexity index is 2400. The third-order valence-corrected chi connectivity index (χ3v) is 9.50. The first-order valence-corrected chi connectivity index (χ1v) is 15.5. The lowest BCUT2D eigenvalue weighted by molar-refractivity contribution is 0.660. The van der Waals surface area contributed by atoms with Crippen LogP contribution in [0.25, 0.3) is 55.0 Å². The quantitative estimate of drug-likeness (QED) is 0.208. The maximum atomic E-state index is 6.31. The van der Waals surface area contributed by atoms with Crippen molar-refractivity contribution >= 4 is 49.9 Å². The highest BCUT2D eigenvalue weighted by atomic mass is 16.3. The number of pyridine rings is 1. The van der Waals surface area contributed by atoms with Crippen LogP contribution in [-0.2, 0) is 5.41 Å². The fraction of sp³-hybridized carbons (Fsp3) is 0.0714. The molecule has 3 nitrogen and oxygen atoms in total. The van der Waals surface area contributed by atoms with Gasteiger partial charge in [0.1, 0.15) is 11.4 Å². The van der Waals surface area contributed by atoms with Crippen molar-refractivity contribution in [3.05, 3.63) is 157 Å². The van der Waals surface area contributed by atoms with Crippen molar-refractivity contribution < 1.29 is 4.42 Å². The van der Waals surface area contributed by atoms with E-state index in [0.29, 0.717) is 0 Å². The molecule has 0 spiro atoms. The third-order valence-electron chi connectivity index (χ3n) is 9.50. The first-order valence-electron chi connectivity index (χ1n) is 15.5. The van der Waals surface area contributed by atoms with E-state index in [1.165, 1.54) is 44.2 Å². The lowest BCUT2D eigenvalue weighted by Crippen LogP contribution is -2.15. The summed E-state index contributed by atoms with van der Waals surface area (Å²) in [4.78, 5) is 7.27. The molecule has 0 bridgehead atoms. The number of benzene rings is 6. The van der Waals surface area contributed by atoms with Gasteiger partial charge in [-0.1, -0.05) is 111 Å². The number of aromatic nitrogens is 1. The number of fused-ring (bicyclic) bond motifs is 7. The Morgan fingerprint density at radius 3 is 2.00 bits per heavy atom. The normalized spacial score (nSPS) is 13.3. The second-order valence-electron chi connectivity index (χ2n) is 12.5. The van der Waals surface area contributed by atoms with Gasteiger partial charge in [-0.2, -0.15) is 0 Å². The van der Waals surface area contributed by atoms with Crippen molar-refractivity contribution in [2.24, 2.45) is 0 Å². The molecular weight excluding hydrogens is 548 g/mol. The molecule has 0 unspecified atom stereocenters. The molecule has 0 radical (unpaired) electrons.